The van der Waals surface area contributed by atoms with E-state index in [1.807, 2.05) is 0 Å². The first kappa shape index (κ1) is 11.2. The van der Waals surface area contributed by atoms with Gasteiger partial charge in [-0.1, -0.05) is 0 Å². The highest BCUT2D eigenvalue weighted by Crippen LogP contribution is 2.20. The summed E-state index contributed by atoms with van der Waals surface area (Å²) in [7, 11) is 3.36. The highest BCUT2D eigenvalue weighted by atomic mass is 35.7. The summed E-state index contributed by atoms with van der Waals surface area (Å²) in [6.45, 7) is 1.73. The van der Waals surface area contributed by atoms with E-state index >= 15 is 0 Å². The lowest BCUT2D eigenvalue weighted by Gasteiger charge is -2.28. The van der Waals surface area contributed by atoms with E-state index in [0.717, 1.165) is 12.8 Å². The molecule has 0 amide bonds. The molecule has 0 atom stereocenters. The number of rotatable bonds is 3. The molecular formula is C7H14ClNO3S. The van der Waals surface area contributed by atoms with Crippen molar-refractivity contribution in [3.63, 3.8) is 0 Å². The second-order valence-electron chi connectivity index (χ2n) is 3.24. The van der Waals surface area contributed by atoms with Crippen molar-refractivity contribution in [3.8, 4) is 0 Å². The average Bonchev–Trinajstić information content (AvgIpc) is 2.04. The Labute approximate surface area is 83.4 Å². The van der Waals surface area contributed by atoms with Gasteiger partial charge in [0.1, 0.15) is 0 Å². The minimum Gasteiger partial charge on any atom is -0.384 e. The summed E-state index contributed by atoms with van der Waals surface area (Å²) in [5.74, 6) is 0.472. The Balaban J connectivity index is 2.39. The normalized spacial score (nSPS) is 22.0. The van der Waals surface area contributed by atoms with Gasteiger partial charge >= 0.3 is 0 Å². The second-order valence-corrected chi connectivity index (χ2v) is 5.75. The third kappa shape index (κ3) is 3.42. The topological polar surface area (TPSA) is 46.6 Å². The molecule has 1 aliphatic heterocycles. The molecule has 0 spiro atoms. The lowest BCUT2D eigenvalue weighted by Crippen LogP contribution is -2.36. The lowest BCUT2D eigenvalue weighted by atomic mass is 9.99. The highest BCUT2D eigenvalue weighted by molar-refractivity contribution is 8.11. The van der Waals surface area contributed by atoms with Crippen LogP contribution < -0.4 is 0 Å². The Bertz CT molecular complexity index is 246. The predicted octanol–water partition coefficient (Wildman–Crippen LogP) is 0.828. The summed E-state index contributed by atoms with van der Waals surface area (Å²) in [5.41, 5.74) is 0. The zero-order valence-electron chi connectivity index (χ0n) is 7.57. The molecule has 78 valence electrons. The molecular weight excluding hydrogens is 214 g/mol. The van der Waals surface area contributed by atoms with Crippen LogP contribution in [-0.4, -0.2) is 39.5 Å². The molecule has 0 aromatic heterocycles. The minimum atomic E-state index is -3.50. The molecule has 1 aliphatic rings. The van der Waals surface area contributed by atoms with E-state index in [-0.39, 0.29) is 0 Å². The van der Waals surface area contributed by atoms with Crippen molar-refractivity contribution < 1.29 is 13.2 Å². The molecule has 6 heteroatoms. The summed E-state index contributed by atoms with van der Waals surface area (Å²) in [6, 6.07) is 0. The van der Waals surface area contributed by atoms with Crippen LogP contribution in [0.15, 0.2) is 0 Å². The van der Waals surface area contributed by atoms with Gasteiger partial charge in [-0.3, -0.25) is 0 Å². The van der Waals surface area contributed by atoms with Crippen molar-refractivity contribution in [2.75, 3.05) is 26.8 Å². The maximum atomic E-state index is 10.9. The summed E-state index contributed by atoms with van der Waals surface area (Å²) in [5, 5.41) is 0. The second kappa shape index (κ2) is 4.59. The van der Waals surface area contributed by atoms with Crippen molar-refractivity contribution in [2.45, 2.75) is 12.8 Å². The predicted molar refractivity (Wildman–Crippen MR) is 50.9 cm³/mol. The standard InChI is InChI=1S/C7H14ClNO3S/c1-12-6-7-2-4-9(5-3-7)13(8,10)11/h7H,2-6H2,1H3. The Morgan fingerprint density at radius 1 is 1.46 bits per heavy atom. The van der Waals surface area contributed by atoms with Gasteiger partial charge in [0.05, 0.1) is 0 Å². The molecule has 1 saturated heterocycles. The Hall–Kier alpha value is 0.160. The van der Waals surface area contributed by atoms with Crippen LogP contribution >= 0.6 is 10.7 Å². The largest absolute Gasteiger partial charge is 0.384 e. The molecule has 0 radical (unpaired) electrons. The molecule has 4 nitrogen and oxygen atoms in total. The Morgan fingerprint density at radius 2 is 2.00 bits per heavy atom. The first-order valence-electron chi connectivity index (χ1n) is 4.22. The van der Waals surface area contributed by atoms with Crippen molar-refractivity contribution >= 4 is 19.9 Å². The molecule has 0 aromatic rings. The van der Waals surface area contributed by atoms with Crippen LogP contribution in [0.1, 0.15) is 12.8 Å². The fourth-order valence-electron chi connectivity index (χ4n) is 1.53. The van der Waals surface area contributed by atoms with Crippen LogP contribution in [0, 0.1) is 5.92 Å². The molecule has 0 aliphatic carbocycles. The Kier molecular flexibility index (Phi) is 3.97. The fraction of sp³-hybridized carbons (Fsp3) is 1.00. The molecule has 1 fully saturated rings. The Morgan fingerprint density at radius 3 is 2.38 bits per heavy atom. The summed E-state index contributed by atoms with van der Waals surface area (Å²) >= 11 is 0. The van der Waals surface area contributed by atoms with Gasteiger partial charge in [0.25, 0.3) is 9.24 Å². The van der Waals surface area contributed by atoms with Gasteiger partial charge in [0, 0.05) is 37.5 Å². The number of hydrogen-bond acceptors (Lipinski definition) is 3. The maximum Gasteiger partial charge on any atom is 0.299 e. The van der Waals surface area contributed by atoms with Crippen LogP contribution in [0.2, 0.25) is 0 Å². The van der Waals surface area contributed by atoms with Crippen LogP contribution in [0.4, 0.5) is 0 Å². The van der Waals surface area contributed by atoms with E-state index in [9.17, 15) is 8.42 Å². The maximum absolute atomic E-state index is 10.9. The van der Waals surface area contributed by atoms with Gasteiger partial charge in [-0.05, 0) is 18.8 Å². The van der Waals surface area contributed by atoms with Crippen LogP contribution in [0.5, 0.6) is 0 Å². The zero-order valence-corrected chi connectivity index (χ0v) is 9.14. The molecule has 0 bridgehead atoms. The van der Waals surface area contributed by atoms with Gasteiger partial charge < -0.3 is 4.74 Å². The number of ether oxygens (including phenoxy) is 1. The SMILES string of the molecule is COCC1CCN(S(=O)(=O)Cl)CC1. The third-order valence-electron chi connectivity index (χ3n) is 2.28. The molecule has 0 aromatic carbocycles. The first-order chi connectivity index (χ1) is 6.04. The zero-order chi connectivity index (χ0) is 9.90. The first-order valence-corrected chi connectivity index (χ1v) is 6.49. The lowest BCUT2D eigenvalue weighted by molar-refractivity contribution is 0.122. The quantitative estimate of drug-likeness (QED) is 0.671. The average molecular weight is 228 g/mol. The molecule has 1 rings (SSSR count). The summed E-state index contributed by atoms with van der Waals surface area (Å²) in [6.07, 6.45) is 1.67. The van der Waals surface area contributed by atoms with Crippen molar-refractivity contribution in [2.24, 2.45) is 5.92 Å². The molecule has 0 saturated carbocycles. The van der Waals surface area contributed by atoms with Gasteiger partial charge in [0.15, 0.2) is 0 Å². The highest BCUT2D eigenvalue weighted by Gasteiger charge is 2.25. The van der Waals surface area contributed by atoms with Gasteiger partial charge in [-0.2, -0.15) is 12.7 Å². The molecule has 0 unspecified atom stereocenters. The number of nitrogens with zero attached hydrogens (tertiary/aromatic N) is 1. The van der Waals surface area contributed by atoms with Crippen molar-refractivity contribution in [1.29, 1.82) is 0 Å². The number of hydrogen-bond donors (Lipinski definition) is 0. The molecule has 13 heavy (non-hydrogen) atoms. The van der Waals surface area contributed by atoms with E-state index in [4.69, 9.17) is 15.4 Å². The number of piperidine rings is 1. The monoisotopic (exact) mass is 227 g/mol. The van der Waals surface area contributed by atoms with Gasteiger partial charge in [0.2, 0.25) is 0 Å². The molecule has 0 N–H and O–H groups in total. The van der Waals surface area contributed by atoms with Crippen LogP contribution in [0.3, 0.4) is 0 Å². The van der Waals surface area contributed by atoms with Crippen molar-refractivity contribution in [1.82, 2.24) is 4.31 Å². The number of methoxy groups -OCH3 is 1. The summed E-state index contributed by atoms with van der Waals surface area (Å²) < 4.78 is 28.1. The third-order valence-corrected chi connectivity index (χ3v) is 3.85. The fourth-order valence-corrected chi connectivity index (χ4v) is 2.59. The van der Waals surface area contributed by atoms with E-state index in [1.165, 1.54) is 4.31 Å². The summed E-state index contributed by atoms with van der Waals surface area (Å²) in [4.78, 5) is 0. The van der Waals surface area contributed by atoms with E-state index in [0.29, 0.717) is 25.6 Å². The van der Waals surface area contributed by atoms with Crippen LogP contribution in [0.25, 0.3) is 0 Å². The van der Waals surface area contributed by atoms with E-state index in [2.05, 4.69) is 0 Å². The van der Waals surface area contributed by atoms with E-state index < -0.39 is 9.24 Å². The van der Waals surface area contributed by atoms with Crippen LogP contribution in [-0.2, 0) is 14.0 Å². The number of halogens is 1. The minimum absolute atomic E-state index is 0.472. The van der Waals surface area contributed by atoms with Gasteiger partial charge in [-0.25, -0.2) is 0 Å². The van der Waals surface area contributed by atoms with Crippen molar-refractivity contribution in [3.05, 3.63) is 0 Å². The smallest absolute Gasteiger partial charge is 0.299 e. The van der Waals surface area contributed by atoms with E-state index in [1.54, 1.807) is 7.11 Å². The molecule has 1 heterocycles. The van der Waals surface area contributed by atoms with Gasteiger partial charge in [-0.15, -0.1) is 0 Å².